The third kappa shape index (κ3) is 2.09. The number of nitrogens with two attached hydrogens (primary N) is 2. The Morgan fingerprint density at radius 1 is 1.56 bits per heavy atom. The van der Waals surface area contributed by atoms with Gasteiger partial charge >= 0.3 is 0 Å². The SMILES string of the molecule is Cn1cc(C(N)=O)c([C@@H]2CCC[C@H](N)C2)n1. The molecule has 2 rings (SSSR count). The minimum Gasteiger partial charge on any atom is -0.365 e. The van der Waals surface area contributed by atoms with Crippen LogP contribution in [0.2, 0.25) is 0 Å². The summed E-state index contributed by atoms with van der Waals surface area (Å²) in [7, 11) is 1.80. The highest BCUT2D eigenvalue weighted by Crippen LogP contribution is 2.32. The van der Waals surface area contributed by atoms with Crippen LogP contribution in [0.5, 0.6) is 0 Å². The van der Waals surface area contributed by atoms with Crippen LogP contribution >= 0.6 is 0 Å². The lowest BCUT2D eigenvalue weighted by Crippen LogP contribution is -2.28. The molecule has 1 fully saturated rings. The summed E-state index contributed by atoms with van der Waals surface area (Å²) < 4.78 is 1.65. The maximum absolute atomic E-state index is 11.3. The zero-order valence-electron chi connectivity index (χ0n) is 9.52. The van der Waals surface area contributed by atoms with Crippen LogP contribution < -0.4 is 11.5 Å². The minimum absolute atomic E-state index is 0.224. The number of nitrogens with zero attached hydrogens (tertiary/aromatic N) is 2. The van der Waals surface area contributed by atoms with Crippen LogP contribution in [0.3, 0.4) is 0 Å². The Hall–Kier alpha value is -1.36. The first kappa shape index (κ1) is 11.1. The lowest BCUT2D eigenvalue weighted by molar-refractivity contribution is 0.0998. The molecule has 0 aromatic carbocycles. The van der Waals surface area contributed by atoms with Gasteiger partial charge in [0.25, 0.3) is 5.91 Å². The lowest BCUT2D eigenvalue weighted by atomic mass is 9.83. The highest BCUT2D eigenvalue weighted by molar-refractivity contribution is 5.93. The van der Waals surface area contributed by atoms with Gasteiger partial charge in [0.1, 0.15) is 0 Å². The Balaban J connectivity index is 2.28. The van der Waals surface area contributed by atoms with Gasteiger partial charge in [0.15, 0.2) is 0 Å². The van der Waals surface area contributed by atoms with Crippen molar-refractivity contribution in [3.8, 4) is 0 Å². The minimum atomic E-state index is -0.401. The summed E-state index contributed by atoms with van der Waals surface area (Å²) in [5.74, 6) is -0.116. The van der Waals surface area contributed by atoms with Gasteiger partial charge in [-0.3, -0.25) is 9.48 Å². The summed E-state index contributed by atoms with van der Waals surface area (Å²) in [6, 6.07) is 0.224. The topological polar surface area (TPSA) is 86.9 Å². The predicted octanol–water partition coefficient (Wildman–Crippen LogP) is 0.504. The number of aromatic nitrogens is 2. The third-order valence-corrected chi connectivity index (χ3v) is 3.22. The number of aryl methyl sites for hydroxylation is 1. The van der Waals surface area contributed by atoms with Gasteiger partial charge in [-0.15, -0.1) is 0 Å². The van der Waals surface area contributed by atoms with Crippen LogP contribution in [0.1, 0.15) is 47.7 Å². The average Bonchev–Trinajstić information content (AvgIpc) is 2.60. The molecule has 1 aromatic rings. The number of rotatable bonds is 2. The van der Waals surface area contributed by atoms with Gasteiger partial charge in [-0.1, -0.05) is 6.42 Å². The number of carbonyl (C=O) groups is 1. The van der Waals surface area contributed by atoms with E-state index in [1.807, 2.05) is 0 Å². The molecule has 0 saturated heterocycles. The van der Waals surface area contributed by atoms with Crippen molar-refractivity contribution in [3.63, 3.8) is 0 Å². The maximum Gasteiger partial charge on any atom is 0.252 e. The normalized spacial score (nSPS) is 25.6. The molecule has 4 N–H and O–H groups in total. The highest BCUT2D eigenvalue weighted by Gasteiger charge is 2.26. The van der Waals surface area contributed by atoms with Crippen molar-refractivity contribution >= 4 is 5.91 Å². The second kappa shape index (κ2) is 4.25. The molecule has 1 saturated carbocycles. The number of primary amides is 1. The fourth-order valence-electron chi connectivity index (χ4n) is 2.47. The molecule has 0 bridgehead atoms. The second-order valence-electron chi connectivity index (χ2n) is 4.59. The molecule has 1 amide bonds. The fourth-order valence-corrected chi connectivity index (χ4v) is 2.47. The van der Waals surface area contributed by atoms with Crippen molar-refractivity contribution < 1.29 is 4.79 Å². The fraction of sp³-hybridized carbons (Fsp3) is 0.636. The number of carbonyl (C=O) groups excluding carboxylic acids is 1. The summed E-state index contributed by atoms with van der Waals surface area (Å²) in [5.41, 5.74) is 12.7. The molecule has 0 aliphatic heterocycles. The van der Waals surface area contributed by atoms with E-state index in [1.165, 1.54) is 0 Å². The lowest BCUT2D eigenvalue weighted by Gasteiger charge is -2.25. The molecule has 5 nitrogen and oxygen atoms in total. The molecule has 2 atom stereocenters. The molecule has 1 aromatic heterocycles. The van der Waals surface area contributed by atoms with Gasteiger partial charge < -0.3 is 11.5 Å². The second-order valence-corrected chi connectivity index (χ2v) is 4.59. The van der Waals surface area contributed by atoms with E-state index in [9.17, 15) is 4.79 Å². The Morgan fingerprint density at radius 3 is 2.94 bits per heavy atom. The third-order valence-electron chi connectivity index (χ3n) is 3.22. The van der Waals surface area contributed by atoms with E-state index in [4.69, 9.17) is 11.5 Å². The van der Waals surface area contributed by atoms with Gasteiger partial charge in [0, 0.05) is 25.2 Å². The van der Waals surface area contributed by atoms with Crippen LogP contribution in [0.4, 0.5) is 0 Å². The van der Waals surface area contributed by atoms with Crippen molar-refractivity contribution in [3.05, 3.63) is 17.5 Å². The smallest absolute Gasteiger partial charge is 0.252 e. The van der Waals surface area contributed by atoms with E-state index in [0.29, 0.717) is 5.56 Å². The molecule has 0 unspecified atom stereocenters. The standard InChI is InChI=1S/C11H18N4O/c1-15-6-9(11(13)16)10(14-15)7-3-2-4-8(12)5-7/h6-8H,2-5,12H2,1H3,(H2,13,16)/t7-,8+/m1/s1. The summed E-state index contributed by atoms with van der Waals surface area (Å²) in [6.07, 6.45) is 5.80. The van der Waals surface area contributed by atoms with E-state index in [1.54, 1.807) is 17.9 Å². The van der Waals surface area contributed by atoms with E-state index in [-0.39, 0.29) is 12.0 Å². The quantitative estimate of drug-likeness (QED) is 0.764. The predicted molar refractivity (Wildman–Crippen MR) is 60.9 cm³/mol. The van der Waals surface area contributed by atoms with Crippen LogP contribution in [0.25, 0.3) is 0 Å². The Bertz CT molecular complexity index is 399. The van der Waals surface area contributed by atoms with Crippen molar-refractivity contribution in [2.24, 2.45) is 18.5 Å². The van der Waals surface area contributed by atoms with Crippen LogP contribution in [0, 0.1) is 0 Å². The van der Waals surface area contributed by atoms with Crippen molar-refractivity contribution in [2.45, 2.75) is 37.6 Å². The van der Waals surface area contributed by atoms with Gasteiger partial charge in [-0.25, -0.2) is 0 Å². The average molecular weight is 222 g/mol. The van der Waals surface area contributed by atoms with Gasteiger partial charge in [0.05, 0.1) is 11.3 Å². The van der Waals surface area contributed by atoms with Crippen molar-refractivity contribution in [2.75, 3.05) is 0 Å². The zero-order valence-corrected chi connectivity index (χ0v) is 9.52. The zero-order chi connectivity index (χ0) is 11.7. The molecular formula is C11H18N4O. The van der Waals surface area contributed by atoms with Gasteiger partial charge in [0.2, 0.25) is 0 Å². The first-order chi connectivity index (χ1) is 7.58. The van der Waals surface area contributed by atoms with E-state index in [0.717, 1.165) is 31.4 Å². The molecule has 0 radical (unpaired) electrons. The summed E-state index contributed by atoms with van der Waals surface area (Å²) in [5, 5.41) is 4.35. The molecular weight excluding hydrogens is 204 g/mol. The largest absolute Gasteiger partial charge is 0.365 e. The Morgan fingerprint density at radius 2 is 2.31 bits per heavy atom. The van der Waals surface area contributed by atoms with Crippen LogP contribution in [0.15, 0.2) is 6.20 Å². The first-order valence-corrected chi connectivity index (χ1v) is 5.67. The molecule has 1 aliphatic rings. The number of amides is 1. The molecule has 5 heteroatoms. The van der Waals surface area contributed by atoms with Crippen molar-refractivity contribution in [1.82, 2.24) is 9.78 Å². The van der Waals surface area contributed by atoms with E-state index < -0.39 is 5.91 Å². The van der Waals surface area contributed by atoms with Gasteiger partial charge in [-0.2, -0.15) is 5.10 Å². The Kier molecular flexibility index (Phi) is 2.96. The monoisotopic (exact) mass is 222 g/mol. The molecule has 0 spiro atoms. The van der Waals surface area contributed by atoms with E-state index >= 15 is 0 Å². The first-order valence-electron chi connectivity index (χ1n) is 5.67. The van der Waals surface area contributed by atoms with Crippen LogP contribution in [-0.4, -0.2) is 21.7 Å². The van der Waals surface area contributed by atoms with Crippen LogP contribution in [-0.2, 0) is 7.05 Å². The van der Waals surface area contributed by atoms with Crippen molar-refractivity contribution in [1.29, 1.82) is 0 Å². The Labute approximate surface area is 94.8 Å². The van der Waals surface area contributed by atoms with E-state index in [2.05, 4.69) is 5.10 Å². The highest BCUT2D eigenvalue weighted by atomic mass is 16.1. The maximum atomic E-state index is 11.3. The number of hydrogen-bond donors (Lipinski definition) is 2. The summed E-state index contributed by atoms with van der Waals surface area (Å²) in [6.45, 7) is 0. The molecule has 1 aliphatic carbocycles. The summed E-state index contributed by atoms with van der Waals surface area (Å²) >= 11 is 0. The van der Waals surface area contributed by atoms with Gasteiger partial charge in [-0.05, 0) is 19.3 Å². The molecule has 88 valence electrons. The summed E-state index contributed by atoms with van der Waals surface area (Å²) in [4.78, 5) is 11.3. The number of hydrogen-bond acceptors (Lipinski definition) is 3. The molecule has 16 heavy (non-hydrogen) atoms. The molecule has 1 heterocycles.